The standard InChI is InChI=1S/C19H21FN4OS/c1-2-24(14-7-4-3-5-8-14)10-6-9-21-18(25)15-11-13(20)12-16-17(15)23-19(26)22-16/h3-5,7-8,11-12H,2,6,9-10H2,1H3,(H,21,25)(H2,22,23,26). The number of fused-ring (bicyclic) bond motifs is 1. The first-order valence-electron chi connectivity index (χ1n) is 8.58. The molecule has 2 aromatic carbocycles. The summed E-state index contributed by atoms with van der Waals surface area (Å²) in [6, 6.07) is 12.7. The summed E-state index contributed by atoms with van der Waals surface area (Å²) < 4.78 is 14.1. The normalized spacial score (nSPS) is 10.8. The van der Waals surface area contributed by atoms with Gasteiger partial charge in [0.1, 0.15) is 5.82 Å². The van der Waals surface area contributed by atoms with Gasteiger partial charge >= 0.3 is 0 Å². The monoisotopic (exact) mass is 372 g/mol. The Labute approximate surface area is 156 Å². The smallest absolute Gasteiger partial charge is 0.253 e. The molecule has 136 valence electrons. The molecule has 0 bridgehead atoms. The van der Waals surface area contributed by atoms with Gasteiger partial charge in [-0.25, -0.2) is 4.39 Å². The third-order valence-electron chi connectivity index (χ3n) is 4.23. The van der Waals surface area contributed by atoms with Crippen molar-refractivity contribution in [2.45, 2.75) is 13.3 Å². The highest BCUT2D eigenvalue weighted by molar-refractivity contribution is 7.71. The van der Waals surface area contributed by atoms with E-state index >= 15 is 0 Å². The molecule has 1 amide bonds. The Hall–Kier alpha value is -2.67. The van der Waals surface area contributed by atoms with E-state index in [0.717, 1.165) is 25.2 Å². The zero-order valence-electron chi connectivity index (χ0n) is 14.5. The Morgan fingerprint density at radius 1 is 1.23 bits per heavy atom. The largest absolute Gasteiger partial charge is 0.372 e. The molecule has 3 N–H and O–H groups in total. The topological polar surface area (TPSA) is 63.9 Å². The Kier molecular flexibility index (Phi) is 5.68. The summed E-state index contributed by atoms with van der Waals surface area (Å²) in [5.74, 6) is -0.795. The second-order valence-electron chi connectivity index (χ2n) is 5.98. The molecule has 26 heavy (non-hydrogen) atoms. The van der Waals surface area contributed by atoms with E-state index in [9.17, 15) is 9.18 Å². The van der Waals surface area contributed by atoms with Crippen LogP contribution in [0.15, 0.2) is 42.5 Å². The number of nitrogens with one attached hydrogen (secondary N) is 3. The van der Waals surface area contributed by atoms with Crippen molar-refractivity contribution >= 4 is 34.8 Å². The molecule has 5 nitrogen and oxygen atoms in total. The minimum Gasteiger partial charge on any atom is -0.372 e. The first-order valence-corrected chi connectivity index (χ1v) is 8.99. The van der Waals surface area contributed by atoms with Crippen molar-refractivity contribution in [3.63, 3.8) is 0 Å². The van der Waals surface area contributed by atoms with Gasteiger partial charge in [0, 0.05) is 25.3 Å². The van der Waals surface area contributed by atoms with E-state index in [1.165, 1.54) is 12.1 Å². The maximum absolute atomic E-state index is 13.7. The van der Waals surface area contributed by atoms with Gasteiger partial charge in [-0.1, -0.05) is 18.2 Å². The van der Waals surface area contributed by atoms with Crippen LogP contribution in [-0.2, 0) is 0 Å². The molecule has 0 unspecified atom stereocenters. The van der Waals surface area contributed by atoms with E-state index in [4.69, 9.17) is 12.2 Å². The highest BCUT2D eigenvalue weighted by Gasteiger charge is 2.14. The molecule has 1 aromatic heterocycles. The average Bonchev–Trinajstić information content (AvgIpc) is 3.01. The van der Waals surface area contributed by atoms with E-state index in [2.05, 4.69) is 39.2 Å². The van der Waals surface area contributed by atoms with Crippen LogP contribution in [0.25, 0.3) is 11.0 Å². The summed E-state index contributed by atoms with van der Waals surface area (Å²) in [6.45, 7) is 4.32. The molecule has 0 saturated heterocycles. The lowest BCUT2D eigenvalue weighted by molar-refractivity contribution is 0.0954. The molecule has 0 fully saturated rings. The second kappa shape index (κ2) is 8.14. The number of halogens is 1. The van der Waals surface area contributed by atoms with Crippen LogP contribution >= 0.6 is 12.2 Å². The molecule has 0 radical (unpaired) electrons. The van der Waals surface area contributed by atoms with Crippen LogP contribution in [0.1, 0.15) is 23.7 Å². The third-order valence-corrected chi connectivity index (χ3v) is 4.43. The minimum absolute atomic E-state index is 0.253. The van der Waals surface area contributed by atoms with Gasteiger partial charge in [-0.3, -0.25) is 4.79 Å². The van der Waals surface area contributed by atoms with Gasteiger partial charge in [-0.05, 0) is 49.8 Å². The van der Waals surface area contributed by atoms with Crippen molar-refractivity contribution in [2.24, 2.45) is 0 Å². The first-order chi connectivity index (χ1) is 12.6. The van der Waals surface area contributed by atoms with Crippen molar-refractivity contribution < 1.29 is 9.18 Å². The predicted octanol–water partition coefficient (Wildman–Crippen LogP) is 4.01. The third kappa shape index (κ3) is 4.11. The first kappa shape index (κ1) is 18.1. The number of carbonyl (C=O) groups excluding carboxylic acids is 1. The molecule has 0 aliphatic heterocycles. The van der Waals surface area contributed by atoms with Crippen molar-refractivity contribution in [3.05, 3.63) is 58.6 Å². The van der Waals surface area contributed by atoms with Crippen LogP contribution < -0.4 is 10.2 Å². The molecule has 0 aliphatic rings. The maximum Gasteiger partial charge on any atom is 0.253 e. The Bertz CT molecular complexity index is 951. The summed E-state index contributed by atoms with van der Waals surface area (Å²) in [7, 11) is 0. The summed E-state index contributed by atoms with van der Waals surface area (Å²) in [4.78, 5) is 20.4. The van der Waals surface area contributed by atoms with Gasteiger partial charge in [0.05, 0.1) is 16.6 Å². The molecule has 7 heteroatoms. The van der Waals surface area contributed by atoms with Gasteiger partial charge in [-0.15, -0.1) is 0 Å². The average molecular weight is 372 g/mol. The summed E-state index contributed by atoms with van der Waals surface area (Å²) in [5, 5.41) is 2.86. The molecule has 0 atom stereocenters. The number of imidazole rings is 1. The van der Waals surface area contributed by atoms with E-state index < -0.39 is 5.82 Å². The van der Waals surface area contributed by atoms with Crippen molar-refractivity contribution in [1.29, 1.82) is 0 Å². The summed E-state index contributed by atoms with van der Waals surface area (Å²) in [5.41, 5.74) is 2.42. The van der Waals surface area contributed by atoms with Crippen LogP contribution in [0.3, 0.4) is 0 Å². The van der Waals surface area contributed by atoms with Crippen molar-refractivity contribution in [3.8, 4) is 0 Å². The number of benzene rings is 2. The van der Waals surface area contributed by atoms with Crippen LogP contribution in [0, 0.1) is 10.6 Å². The molecular formula is C19H21FN4OS. The number of hydrogen-bond donors (Lipinski definition) is 3. The highest BCUT2D eigenvalue weighted by Crippen LogP contribution is 2.18. The predicted molar refractivity (Wildman–Crippen MR) is 105 cm³/mol. The number of carbonyl (C=O) groups is 1. The van der Waals surface area contributed by atoms with Crippen molar-refractivity contribution in [1.82, 2.24) is 15.3 Å². The van der Waals surface area contributed by atoms with E-state index in [0.29, 0.717) is 22.3 Å². The minimum atomic E-state index is -0.478. The fourth-order valence-corrected chi connectivity index (χ4v) is 3.17. The van der Waals surface area contributed by atoms with Gasteiger partial charge < -0.3 is 20.2 Å². The van der Waals surface area contributed by atoms with Crippen LogP contribution in [-0.4, -0.2) is 35.5 Å². The number of para-hydroxylation sites is 1. The lowest BCUT2D eigenvalue weighted by Crippen LogP contribution is -2.30. The number of hydrogen-bond acceptors (Lipinski definition) is 3. The molecule has 1 heterocycles. The molecular weight excluding hydrogens is 351 g/mol. The Morgan fingerprint density at radius 3 is 2.73 bits per heavy atom. The molecule has 3 rings (SSSR count). The molecule has 0 spiro atoms. The maximum atomic E-state index is 13.7. The fourth-order valence-electron chi connectivity index (χ4n) is 2.96. The zero-order chi connectivity index (χ0) is 18.5. The summed E-state index contributed by atoms with van der Waals surface area (Å²) in [6.07, 6.45) is 0.788. The second-order valence-corrected chi connectivity index (χ2v) is 6.39. The van der Waals surface area contributed by atoms with Crippen LogP contribution in [0.4, 0.5) is 10.1 Å². The number of H-pyrrole nitrogens is 2. The van der Waals surface area contributed by atoms with Crippen molar-refractivity contribution in [2.75, 3.05) is 24.5 Å². The molecule has 0 aliphatic carbocycles. The number of rotatable bonds is 7. The van der Waals surface area contributed by atoms with Crippen LogP contribution in [0.5, 0.6) is 0 Å². The fraction of sp³-hybridized carbons (Fsp3) is 0.263. The number of aromatic amines is 2. The van der Waals surface area contributed by atoms with Crippen LogP contribution in [0.2, 0.25) is 0 Å². The number of nitrogens with zero attached hydrogens (tertiary/aromatic N) is 1. The van der Waals surface area contributed by atoms with E-state index in [1.54, 1.807) is 0 Å². The Balaban J connectivity index is 1.60. The summed E-state index contributed by atoms with van der Waals surface area (Å²) >= 11 is 5.03. The van der Waals surface area contributed by atoms with Gasteiger partial charge in [0.15, 0.2) is 4.77 Å². The quantitative estimate of drug-likeness (QED) is 0.434. The molecule has 3 aromatic rings. The van der Waals surface area contributed by atoms with E-state index in [-0.39, 0.29) is 11.5 Å². The Morgan fingerprint density at radius 2 is 2.00 bits per heavy atom. The zero-order valence-corrected chi connectivity index (χ0v) is 15.3. The number of anilines is 1. The van der Waals surface area contributed by atoms with Gasteiger partial charge in [-0.2, -0.15) is 0 Å². The molecule has 0 saturated carbocycles. The lowest BCUT2D eigenvalue weighted by atomic mass is 10.1. The van der Waals surface area contributed by atoms with Gasteiger partial charge in [0.25, 0.3) is 5.91 Å². The van der Waals surface area contributed by atoms with E-state index in [1.807, 2.05) is 18.2 Å². The number of aromatic nitrogens is 2. The highest BCUT2D eigenvalue weighted by atomic mass is 32.1. The van der Waals surface area contributed by atoms with Gasteiger partial charge in [0.2, 0.25) is 0 Å². The number of amides is 1. The lowest BCUT2D eigenvalue weighted by Gasteiger charge is -2.23. The SMILES string of the molecule is CCN(CCCNC(=O)c1cc(F)cc2[nH]c(=S)[nH]c12)c1ccccc1.